The number of aryl methyl sites for hydroxylation is 1. The van der Waals surface area contributed by atoms with Gasteiger partial charge >= 0.3 is 0 Å². The van der Waals surface area contributed by atoms with Crippen LogP contribution in [0.15, 0.2) is 0 Å². The fourth-order valence-electron chi connectivity index (χ4n) is 1.87. The quantitative estimate of drug-likeness (QED) is 0.792. The van der Waals surface area contributed by atoms with Crippen LogP contribution in [0.5, 0.6) is 0 Å². The molecule has 0 bridgehead atoms. The van der Waals surface area contributed by atoms with E-state index in [0.717, 1.165) is 42.5 Å². The van der Waals surface area contributed by atoms with E-state index in [0.29, 0.717) is 6.04 Å². The summed E-state index contributed by atoms with van der Waals surface area (Å²) in [6.45, 7) is 10.2. The van der Waals surface area contributed by atoms with Gasteiger partial charge in [0.15, 0.2) is 0 Å². The largest absolute Gasteiger partial charge is 0.370 e. The minimum atomic E-state index is 0.393. The van der Waals surface area contributed by atoms with Crippen molar-refractivity contribution in [3.05, 3.63) is 11.4 Å². The molecule has 1 heterocycles. The van der Waals surface area contributed by atoms with E-state index in [2.05, 4.69) is 60.4 Å². The molecule has 2 N–H and O–H groups in total. The van der Waals surface area contributed by atoms with Crippen LogP contribution in [-0.4, -0.2) is 48.1 Å². The fraction of sp³-hybridized carbons (Fsp3) is 0.714. The molecule has 0 aliphatic rings. The topological polar surface area (TPSA) is 53.1 Å². The Bertz CT molecular complexity index is 403. The van der Waals surface area contributed by atoms with Crippen LogP contribution in [0.25, 0.3) is 0 Å². The first kappa shape index (κ1) is 15.7. The molecular weight excluding hydrogens is 238 g/mol. The van der Waals surface area contributed by atoms with Gasteiger partial charge in [0, 0.05) is 18.2 Å². The highest BCUT2D eigenvalue weighted by Gasteiger charge is 2.11. The summed E-state index contributed by atoms with van der Waals surface area (Å²) in [5.74, 6) is 2.66. The summed E-state index contributed by atoms with van der Waals surface area (Å²) < 4.78 is 0. The van der Waals surface area contributed by atoms with Gasteiger partial charge in [-0.2, -0.15) is 0 Å². The Balaban J connectivity index is 2.76. The first-order valence-corrected chi connectivity index (χ1v) is 6.94. The standard InChI is InChI=1S/C14H27N5/c1-7-15-13-11(3)14(18-12(4)17-13)16-10(2)8-9-19(5)6/h10H,7-9H2,1-6H3,(H2,15,16,17,18). The normalized spacial score (nSPS) is 12.6. The van der Waals surface area contributed by atoms with Gasteiger partial charge in [0.25, 0.3) is 0 Å². The van der Waals surface area contributed by atoms with E-state index < -0.39 is 0 Å². The van der Waals surface area contributed by atoms with Gasteiger partial charge in [0.1, 0.15) is 17.5 Å². The molecule has 108 valence electrons. The maximum atomic E-state index is 4.51. The van der Waals surface area contributed by atoms with E-state index in [1.807, 2.05) is 6.92 Å². The molecule has 1 aromatic heterocycles. The van der Waals surface area contributed by atoms with Crippen molar-refractivity contribution < 1.29 is 0 Å². The van der Waals surface area contributed by atoms with Crippen molar-refractivity contribution in [1.82, 2.24) is 14.9 Å². The van der Waals surface area contributed by atoms with Gasteiger partial charge < -0.3 is 15.5 Å². The highest BCUT2D eigenvalue weighted by molar-refractivity contribution is 5.57. The first-order valence-electron chi connectivity index (χ1n) is 6.94. The van der Waals surface area contributed by atoms with E-state index in [4.69, 9.17) is 0 Å². The minimum absolute atomic E-state index is 0.393. The van der Waals surface area contributed by atoms with E-state index >= 15 is 0 Å². The van der Waals surface area contributed by atoms with Crippen LogP contribution in [0.1, 0.15) is 31.7 Å². The Labute approximate surface area is 116 Å². The van der Waals surface area contributed by atoms with Crippen molar-refractivity contribution in [3.8, 4) is 0 Å². The van der Waals surface area contributed by atoms with Crippen molar-refractivity contribution in [1.29, 1.82) is 0 Å². The van der Waals surface area contributed by atoms with Gasteiger partial charge in [-0.3, -0.25) is 0 Å². The van der Waals surface area contributed by atoms with Gasteiger partial charge in [-0.1, -0.05) is 0 Å². The van der Waals surface area contributed by atoms with Crippen molar-refractivity contribution in [3.63, 3.8) is 0 Å². The van der Waals surface area contributed by atoms with Crippen molar-refractivity contribution in [2.24, 2.45) is 0 Å². The number of anilines is 2. The second kappa shape index (κ2) is 7.28. The van der Waals surface area contributed by atoms with Crippen LogP contribution in [0, 0.1) is 13.8 Å². The lowest BCUT2D eigenvalue weighted by atomic mass is 10.2. The Morgan fingerprint density at radius 2 is 1.79 bits per heavy atom. The molecule has 0 saturated carbocycles. The van der Waals surface area contributed by atoms with Crippen LogP contribution in [0.2, 0.25) is 0 Å². The smallest absolute Gasteiger partial charge is 0.134 e. The van der Waals surface area contributed by atoms with Crippen LogP contribution in [-0.2, 0) is 0 Å². The molecular formula is C14H27N5. The van der Waals surface area contributed by atoms with Crippen molar-refractivity contribution in [2.45, 2.75) is 40.2 Å². The Morgan fingerprint density at radius 3 is 2.37 bits per heavy atom. The molecule has 5 nitrogen and oxygen atoms in total. The number of rotatable bonds is 7. The molecule has 0 aliphatic heterocycles. The summed E-state index contributed by atoms with van der Waals surface area (Å²) in [6.07, 6.45) is 1.09. The molecule has 1 unspecified atom stereocenters. The van der Waals surface area contributed by atoms with Gasteiger partial charge in [-0.25, -0.2) is 9.97 Å². The third kappa shape index (κ3) is 5.03. The van der Waals surface area contributed by atoms with Crippen molar-refractivity contribution >= 4 is 11.6 Å². The highest BCUT2D eigenvalue weighted by atomic mass is 15.1. The van der Waals surface area contributed by atoms with E-state index in [1.165, 1.54) is 0 Å². The van der Waals surface area contributed by atoms with Gasteiger partial charge in [0.2, 0.25) is 0 Å². The number of nitrogens with one attached hydrogen (secondary N) is 2. The first-order chi connectivity index (χ1) is 8.93. The predicted molar refractivity (Wildman–Crippen MR) is 81.9 cm³/mol. The van der Waals surface area contributed by atoms with E-state index in [9.17, 15) is 0 Å². The number of hydrogen-bond donors (Lipinski definition) is 2. The van der Waals surface area contributed by atoms with Crippen LogP contribution >= 0.6 is 0 Å². The summed E-state index contributed by atoms with van der Waals surface area (Å²) in [5, 5.41) is 6.77. The summed E-state index contributed by atoms with van der Waals surface area (Å²) in [4.78, 5) is 11.1. The number of nitrogens with zero attached hydrogens (tertiary/aromatic N) is 3. The Kier molecular flexibility index (Phi) is 6.02. The molecule has 5 heteroatoms. The molecule has 0 amide bonds. The summed E-state index contributed by atoms with van der Waals surface area (Å²) >= 11 is 0. The average molecular weight is 265 g/mol. The lowest BCUT2D eigenvalue weighted by molar-refractivity contribution is 0.390. The summed E-state index contributed by atoms with van der Waals surface area (Å²) in [5.41, 5.74) is 1.09. The number of aromatic nitrogens is 2. The van der Waals surface area contributed by atoms with Crippen molar-refractivity contribution in [2.75, 3.05) is 37.8 Å². The maximum Gasteiger partial charge on any atom is 0.134 e. The van der Waals surface area contributed by atoms with E-state index in [-0.39, 0.29) is 0 Å². The second-order valence-electron chi connectivity index (χ2n) is 5.26. The zero-order chi connectivity index (χ0) is 14.4. The molecule has 1 aromatic rings. The van der Waals surface area contributed by atoms with Crippen LogP contribution in [0.3, 0.4) is 0 Å². The van der Waals surface area contributed by atoms with Crippen LogP contribution < -0.4 is 10.6 Å². The molecule has 0 aromatic carbocycles. The second-order valence-corrected chi connectivity index (χ2v) is 5.26. The maximum absolute atomic E-state index is 4.51. The molecule has 0 radical (unpaired) electrons. The average Bonchev–Trinajstić information content (AvgIpc) is 2.33. The van der Waals surface area contributed by atoms with Crippen LogP contribution in [0.4, 0.5) is 11.6 Å². The van der Waals surface area contributed by atoms with Gasteiger partial charge in [0.05, 0.1) is 0 Å². The molecule has 0 aliphatic carbocycles. The monoisotopic (exact) mass is 265 g/mol. The summed E-state index contributed by atoms with van der Waals surface area (Å²) in [7, 11) is 4.19. The van der Waals surface area contributed by atoms with E-state index in [1.54, 1.807) is 0 Å². The third-order valence-electron chi connectivity index (χ3n) is 2.99. The SMILES string of the molecule is CCNc1nc(C)nc(NC(C)CCN(C)C)c1C. The molecule has 0 spiro atoms. The zero-order valence-corrected chi connectivity index (χ0v) is 13.0. The minimum Gasteiger partial charge on any atom is -0.370 e. The molecule has 1 rings (SSSR count). The Morgan fingerprint density at radius 1 is 1.16 bits per heavy atom. The summed E-state index contributed by atoms with van der Waals surface area (Å²) in [6, 6.07) is 0.393. The lowest BCUT2D eigenvalue weighted by Gasteiger charge is -2.19. The Hall–Kier alpha value is -1.36. The molecule has 1 atom stereocenters. The number of hydrogen-bond acceptors (Lipinski definition) is 5. The third-order valence-corrected chi connectivity index (χ3v) is 2.99. The lowest BCUT2D eigenvalue weighted by Crippen LogP contribution is -2.24. The fourth-order valence-corrected chi connectivity index (χ4v) is 1.87. The molecule has 0 saturated heterocycles. The molecule has 19 heavy (non-hydrogen) atoms. The van der Waals surface area contributed by atoms with Gasteiger partial charge in [-0.05, 0) is 54.8 Å². The highest BCUT2D eigenvalue weighted by Crippen LogP contribution is 2.20. The zero-order valence-electron chi connectivity index (χ0n) is 13.0. The predicted octanol–water partition coefficient (Wildman–Crippen LogP) is 2.28. The van der Waals surface area contributed by atoms with Gasteiger partial charge in [-0.15, -0.1) is 0 Å². The molecule has 0 fully saturated rings.